The molecular weight excluding hydrogens is 218 g/mol. The number of nitrogens with zero attached hydrogens (tertiary/aromatic N) is 1. The first-order valence-electron chi connectivity index (χ1n) is 5.12. The lowest BCUT2D eigenvalue weighted by Crippen LogP contribution is -1.89. The molecule has 3 heteroatoms. The van der Waals surface area contributed by atoms with Crippen molar-refractivity contribution >= 4 is 17.1 Å². The predicted molar refractivity (Wildman–Crippen MR) is 67.0 cm³/mol. The Bertz CT molecular complexity index is 528. The fourth-order valence-corrected chi connectivity index (χ4v) is 2.92. The third-order valence-corrected chi connectivity index (χ3v) is 4.25. The molecule has 0 atom stereocenters. The fourth-order valence-electron chi connectivity index (χ4n) is 1.71. The lowest BCUT2D eigenvalue weighted by molar-refractivity contribution is 0.102. The van der Waals surface area contributed by atoms with E-state index in [1.807, 2.05) is 19.1 Å². The molecule has 0 radical (unpaired) electrons. The number of aromatic nitrogens is 1. The minimum Gasteiger partial charge on any atom is -0.294 e. The molecule has 0 fully saturated rings. The molecule has 0 saturated heterocycles. The molecule has 0 N–H and O–H groups in total. The molecular formula is C13H13NOS. The first-order chi connectivity index (χ1) is 7.61. The number of carbonyl (C=O) groups excluding carboxylic acids is 1. The van der Waals surface area contributed by atoms with E-state index in [0.29, 0.717) is 0 Å². The van der Waals surface area contributed by atoms with Crippen LogP contribution in [0.2, 0.25) is 0 Å². The van der Waals surface area contributed by atoms with Crippen molar-refractivity contribution in [1.29, 1.82) is 0 Å². The lowest BCUT2D eigenvalue weighted by Gasteiger charge is -1.98. The molecule has 2 nitrogen and oxygen atoms in total. The van der Waals surface area contributed by atoms with Crippen LogP contribution in [0.5, 0.6) is 0 Å². The summed E-state index contributed by atoms with van der Waals surface area (Å²) in [6, 6.07) is 3.95. The van der Waals surface area contributed by atoms with Crippen LogP contribution in [0.15, 0.2) is 24.5 Å². The summed E-state index contributed by atoms with van der Waals surface area (Å²) >= 11 is 1.57. The summed E-state index contributed by atoms with van der Waals surface area (Å²) in [5, 5.41) is 0. The number of hydrogen-bond donors (Lipinski definition) is 0. The second-order valence-corrected chi connectivity index (χ2v) is 4.82. The Morgan fingerprint density at radius 3 is 2.31 bits per heavy atom. The summed E-state index contributed by atoms with van der Waals surface area (Å²) in [7, 11) is 0. The van der Waals surface area contributed by atoms with Gasteiger partial charge in [-0.15, -0.1) is 11.3 Å². The molecule has 0 saturated carbocycles. The Labute approximate surface area is 99.0 Å². The number of thiophene rings is 1. The molecule has 0 amide bonds. The minimum absolute atomic E-state index is 0.144. The average molecular weight is 231 g/mol. The van der Waals surface area contributed by atoms with E-state index in [1.165, 1.54) is 10.4 Å². The molecule has 0 spiro atoms. The van der Waals surface area contributed by atoms with Crippen LogP contribution < -0.4 is 0 Å². The van der Waals surface area contributed by atoms with Crippen LogP contribution in [0.4, 0.5) is 0 Å². The number of pyridine rings is 1. The van der Waals surface area contributed by atoms with Gasteiger partial charge in [0.25, 0.3) is 0 Å². The number of ketones is 1. The zero-order chi connectivity index (χ0) is 11.7. The molecule has 0 aliphatic heterocycles. The number of rotatable bonds is 2. The molecule has 82 valence electrons. The van der Waals surface area contributed by atoms with Crippen molar-refractivity contribution in [2.75, 3.05) is 0 Å². The van der Waals surface area contributed by atoms with Crippen molar-refractivity contribution in [3.05, 3.63) is 40.5 Å². The van der Waals surface area contributed by atoms with Gasteiger partial charge in [0.15, 0.2) is 5.78 Å². The van der Waals surface area contributed by atoms with Gasteiger partial charge in [0, 0.05) is 17.3 Å². The second-order valence-electron chi connectivity index (χ2n) is 3.80. The summed E-state index contributed by atoms with van der Waals surface area (Å²) in [5.74, 6) is 0.144. The van der Waals surface area contributed by atoms with Crippen LogP contribution in [0.3, 0.4) is 0 Å². The van der Waals surface area contributed by atoms with Crippen LogP contribution in [0.1, 0.15) is 27.7 Å². The molecule has 2 aromatic rings. The van der Waals surface area contributed by atoms with E-state index in [0.717, 1.165) is 16.0 Å². The second kappa shape index (κ2) is 4.18. The van der Waals surface area contributed by atoms with Gasteiger partial charge in [-0.1, -0.05) is 0 Å². The molecule has 2 aromatic heterocycles. The first kappa shape index (κ1) is 11.0. The largest absolute Gasteiger partial charge is 0.294 e. The third kappa shape index (κ3) is 1.78. The Balaban J connectivity index is 2.60. The van der Waals surface area contributed by atoms with E-state index in [9.17, 15) is 4.79 Å². The molecule has 2 rings (SSSR count). The van der Waals surface area contributed by atoms with Gasteiger partial charge in [-0.2, -0.15) is 0 Å². The summed E-state index contributed by atoms with van der Waals surface area (Å²) in [6.07, 6.45) is 3.55. The summed E-state index contributed by atoms with van der Waals surface area (Å²) in [4.78, 5) is 17.5. The summed E-state index contributed by atoms with van der Waals surface area (Å²) < 4.78 is 0. The van der Waals surface area contributed by atoms with Gasteiger partial charge in [0.1, 0.15) is 0 Å². The normalized spacial score (nSPS) is 10.4. The van der Waals surface area contributed by atoms with Gasteiger partial charge < -0.3 is 0 Å². The van der Waals surface area contributed by atoms with Crippen molar-refractivity contribution in [3.63, 3.8) is 0 Å². The van der Waals surface area contributed by atoms with Gasteiger partial charge in [-0.3, -0.25) is 9.78 Å². The van der Waals surface area contributed by atoms with E-state index in [2.05, 4.69) is 11.9 Å². The highest BCUT2D eigenvalue weighted by atomic mass is 32.1. The minimum atomic E-state index is 0.144. The molecule has 0 aromatic carbocycles. The van der Waals surface area contributed by atoms with Gasteiger partial charge in [0.2, 0.25) is 0 Å². The molecule has 0 bridgehead atoms. The Hall–Kier alpha value is -1.48. The Morgan fingerprint density at radius 2 is 1.81 bits per heavy atom. The first-order valence-corrected chi connectivity index (χ1v) is 5.94. The standard InChI is InChI=1S/C13H13NOS/c1-8-9(2)13(16-12(8)10(3)15)11-4-6-14-7-5-11/h4-7H,1-3H3. The van der Waals surface area contributed by atoms with Gasteiger partial charge in [0.05, 0.1) is 4.88 Å². The number of Topliss-reactive ketones (excluding diaryl/α,β-unsaturated/α-hetero) is 1. The topological polar surface area (TPSA) is 30.0 Å². The number of hydrogen-bond acceptors (Lipinski definition) is 3. The predicted octanol–water partition coefficient (Wildman–Crippen LogP) is 3.63. The van der Waals surface area contributed by atoms with Crippen LogP contribution >= 0.6 is 11.3 Å². The molecule has 0 aliphatic rings. The van der Waals surface area contributed by atoms with E-state index in [4.69, 9.17) is 0 Å². The van der Waals surface area contributed by atoms with Crippen LogP contribution in [-0.4, -0.2) is 10.8 Å². The molecule has 2 heterocycles. The maximum Gasteiger partial charge on any atom is 0.170 e. The highest BCUT2D eigenvalue weighted by Gasteiger charge is 2.15. The van der Waals surface area contributed by atoms with E-state index in [-0.39, 0.29) is 5.78 Å². The smallest absolute Gasteiger partial charge is 0.170 e. The zero-order valence-corrected chi connectivity index (χ0v) is 10.4. The van der Waals surface area contributed by atoms with Crippen molar-refractivity contribution in [2.45, 2.75) is 20.8 Å². The third-order valence-electron chi connectivity index (χ3n) is 2.71. The number of carbonyl (C=O) groups is 1. The monoisotopic (exact) mass is 231 g/mol. The maximum atomic E-state index is 11.5. The Kier molecular flexibility index (Phi) is 2.88. The van der Waals surface area contributed by atoms with Crippen molar-refractivity contribution in [3.8, 4) is 10.4 Å². The summed E-state index contributed by atoms with van der Waals surface area (Å²) in [5.41, 5.74) is 3.43. The Morgan fingerprint density at radius 1 is 1.19 bits per heavy atom. The zero-order valence-electron chi connectivity index (χ0n) is 9.57. The van der Waals surface area contributed by atoms with Crippen molar-refractivity contribution in [2.24, 2.45) is 0 Å². The SMILES string of the molecule is CC(=O)c1sc(-c2ccncc2)c(C)c1C. The summed E-state index contributed by atoms with van der Waals surface area (Å²) in [6.45, 7) is 5.69. The molecule has 0 unspecified atom stereocenters. The van der Waals surface area contributed by atoms with E-state index >= 15 is 0 Å². The highest BCUT2D eigenvalue weighted by Crippen LogP contribution is 2.35. The van der Waals surface area contributed by atoms with Gasteiger partial charge in [-0.05, 0) is 49.6 Å². The quantitative estimate of drug-likeness (QED) is 0.739. The maximum absolute atomic E-state index is 11.5. The lowest BCUT2D eigenvalue weighted by atomic mass is 10.1. The highest BCUT2D eigenvalue weighted by molar-refractivity contribution is 7.17. The molecule has 0 aliphatic carbocycles. The van der Waals surface area contributed by atoms with Crippen LogP contribution in [-0.2, 0) is 0 Å². The fraction of sp³-hybridized carbons (Fsp3) is 0.231. The molecule has 16 heavy (non-hydrogen) atoms. The van der Waals surface area contributed by atoms with Gasteiger partial charge >= 0.3 is 0 Å². The van der Waals surface area contributed by atoms with Gasteiger partial charge in [-0.25, -0.2) is 0 Å². The van der Waals surface area contributed by atoms with Crippen LogP contribution in [0.25, 0.3) is 10.4 Å². The van der Waals surface area contributed by atoms with E-state index < -0.39 is 0 Å². The van der Waals surface area contributed by atoms with E-state index in [1.54, 1.807) is 30.7 Å². The van der Waals surface area contributed by atoms with Crippen LogP contribution in [0, 0.1) is 13.8 Å². The van der Waals surface area contributed by atoms with Crippen molar-refractivity contribution in [1.82, 2.24) is 4.98 Å². The van der Waals surface area contributed by atoms with Crippen molar-refractivity contribution < 1.29 is 4.79 Å². The average Bonchev–Trinajstić information content (AvgIpc) is 2.58.